The second-order valence-corrected chi connectivity index (χ2v) is 4.07. The van der Waals surface area contributed by atoms with Crippen LogP contribution in [0.25, 0.3) is 0 Å². The fourth-order valence-electron chi connectivity index (χ4n) is 2.71. The molecule has 1 N–H and O–H groups in total. The van der Waals surface area contributed by atoms with Crippen molar-refractivity contribution in [2.75, 3.05) is 19.6 Å². The Labute approximate surface area is 75.3 Å². The van der Waals surface area contributed by atoms with Gasteiger partial charge < -0.3 is 5.32 Å². The summed E-state index contributed by atoms with van der Waals surface area (Å²) >= 11 is 0. The first-order valence-corrected chi connectivity index (χ1v) is 5.39. The van der Waals surface area contributed by atoms with E-state index in [0.717, 1.165) is 12.1 Å². The summed E-state index contributed by atoms with van der Waals surface area (Å²) in [5, 5.41) is 3.66. The lowest BCUT2D eigenvalue weighted by Crippen LogP contribution is -2.43. The molecule has 2 heteroatoms. The average Bonchev–Trinajstić information content (AvgIpc) is 2.46. The van der Waals surface area contributed by atoms with Crippen LogP contribution in [0.1, 0.15) is 32.6 Å². The van der Waals surface area contributed by atoms with Crippen LogP contribution in [0.5, 0.6) is 0 Å². The Bertz CT molecular complexity index is 147. The largest absolute Gasteiger partial charge is 0.312 e. The van der Waals surface area contributed by atoms with Crippen LogP contribution in [0.2, 0.25) is 0 Å². The predicted octanol–water partition coefficient (Wildman–Crippen LogP) is 1.22. The summed E-state index contributed by atoms with van der Waals surface area (Å²) < 4.78 is 0. The smallest absolute Gasteiger partial charge is 0.0249 e. The molecule has 0 amide bonds. The third kappa shape index (κ3) is 1.50. The van der Waals surface area contributed by atoms with Crippen LogP contribution in [0.3, 0.4) is 0 Å². The van der Waals surface area contributed by atoms with Crippen LogP contribution >= 0.6 is 0 Å². The van der Waals surface area contributed by atoms with Crippen molar-refractivity contribution in [1.82, 2.24) is 10.2 Å². The summed E-state index contributed by atoms with van der Waals surface area (Å²) in [6.07, 6.45) is 5.47. The van der Waals surface area contributed by atoms with E-state index >= 15 is 0 Å². The first kappa shape index (κ1) is 8.52. The molecule has 0 saturated carbocycles. The normalized spacial score (nSPS) is 37.8. The maximum Gasteiger partial charge on any atom is 0.0249 e. The Balaban J connectivity index is 2.02. The van der Waals surface area contributed by atoms with Crippen LogP contribution in [-0.2, 0) is 0 Å². The standard InChI is InChI=1S/C10H20N2/c1-2-9-10-5-3-7-12(10)8-4-6-11-9/h9-11H,2-8H2,1H3. The number of hydrogen-bond acceptors (Lipinski definition) is 2. The summed E-state index contributed by atoms with van der Waals surface area (Å²) in [5.74, 6) is 0. The van der Waals surface area contributed by atoms with E-state index in [4.69, 9.17) is 0 Å². The Morgan fingerprint density at radius 2 is 2.17 bits per heavy atom. The first-order valence-electron chi connectivity index (χ1n) is 5.39. The molecule has 0 bridgehead atoms. The summed E-state index contributed by atoms with van der Waals surface area (Å²) in [6.45, 7) is 6.21. The Kier molecular flexibility index (Phi) is 2.66. The van der Waals surface area contributed by atoms with Crippen molar-refractivity contribution in [2.45, 2.75) is 44.7 Å². The van der Waals surface area contributed by atoms with Crippen molar-refractivity contribution in [1.29, 1.82) is 0 Å². The maximum atomic E-state index is 3.66. The van der Waals surface area contributed by atoms with E-state index in [1.54, 1.807) is 0 Å². The van der Waals surface area contributed by atoms with Crippen molar-refractivity contribution < 1.29 is 0 Å². The van der Waals surface area contributed by atoms with E-state index in [2.05, 4.69) is 17.1 Å². The molecule has 70 valence electrons. The molecule has 2 aliphatic heterocycles. The molecule has 2 atom stereocenters. The van der Waals surface area contributed by atoms with Crippen molar-refractivity contribution >= 4 is 0 Å². The molecule has 12 heavy (non-hydrogen) atoms. The van der Waals surface area contributed by atoms with Crippen LogP contribution in [0.15, 0.2) is 0 Å². The van der Waals surface area contributed by atoms with Gasteiger partial charge in [0.2, 0.25) is 0 Å². The fourth-order valence-corrected chi connectivity index (χ4v) is 2.71. The lowest BCUT2D eigenvalue weighted by Gasteiger charge is -2.27. The first-order chi connectivity index (χ1) is 5.92. The topological polar surface area (TPSA) is 15.3 Å². The van der Waals surface area contributed by atoms with Crippen molar-refractivity contribution in [2.24, 2.45) is 0 Å². The lowest BCUT2D eigenvalue weighted by atomic mass is 10.0. The number of nitrogens with zero attached hydrogens (tertiary/aromatic N) is 1. The van der Waals surface area contributed by atoms with Gasteiger partial charge in [-0.3, -0.25) is 4.90 Å². The molecule has 0 radical (unpaired) electrons. The highest BCUT2D eigenvalue weighted by molar-refractivity contribution is 4.90. The van der Waals surface area contributed by atoms with Gasteiger partial charge in [-0.15, -0.1) is 0 Å². The number of fused-ring (bicyclic) bond motifs is 1. The molecule has 0 aromatic heterocycles. The molecule has 2 saturated heterocycles. The van der Waals surface area contributed by atoms with Gasteiger partial charge in [0.25, 0.3) is 0 Å². The molecular formula is C10H20N2. The summed E-state index contributed by atoms with van der Waals surface area (Å²) in [4.78, 5) is 2.69. The van der Waals surface area contributed by atoms with E-state index in [0.29, 0.717) is 0 Å². The van der Waals surface area contributed by atoms with Gasteiger partial charge in [-0.1, -0.05) is 6.92 Å². The maximum absolute atomic E-state index is 3.66. The molecule has 2 heterocycles. The molecule has 2 rings (SSSR count). The zero-order chi connectivity index (χ0) is 8.39. The molecule has 2 unspecified atom stereocenters. The quantitative estimate of drug-likeness (QED) is 0.633. The van der Waals surface area contributed by atoms with Gasteiger partial charge in [-0.2, -0.15) is 0 Å². The van der Waals surface area contributed by atoms with Gasteiger partial charge in [0.05, 0.1) is 0 Å². The van der Waals surface area contributed by atoms with Gasteiger partial charge in [0.15, 0.2) is 0 Å². The van der Waals surface area contributed by atoms with Gasteiger partial charge >= 0.3 is 0 Å². The lowest BCUT2D eigenvalue weighted by molar-refractivity contribution is 0.229. The van der Waals surface area contributed by atoms with E-state index in [1.807, 2.05) is 0 Å². The summed E-state index contributed by atoms with van der Waals surface area (Å²) in [5.41, 5.74) is 0. The highest BCUT2D eigenvalue weighted by Crippen LogP contribution is 2.23. The monoisotopic (exact) mass is 168 g/mol. The van der Waals surface area contributed by atoms with E-state index in [9.17, 15) is 0 Å². The van der Waals surface area contributed by atoms with Crippen molar-refractivity contribution in [3.05, 3.63) is 0 Å². The fraction of sp³-hybridized carbons (Fsp3) is 1.00. The molecule has 0 aliphatic carbocycles. The average molecular weight is 168 g/mol. The van der Waals surface area contributed by atoms with Crippen molar-refractivity contribution in [3.63, 3.8) is 0 Å². The molecule has 2 nitrogen and oxygen atoms in total. The Morgan fingerprint density at radius 3 is 3.00 bits per heavy atom. The van der Waals surface area contributed by atoms with Gasteiger partial charge in [0, 0.05) is 12.1 Å². The molecule has 0 spiro atoms. The summed E-state index contributed by atoms with van der Waals surface area (Å²) in [6, 6.07) is 1.63. The zero-order valence-corrected chi connectivity index (χ0v) is 8.05. The predicted molar refractivity (Wildman–Crippen MR) is 51.3 cm³/mol. The minimum Gasteiger partial charge on any atom is -0.312 e. The second kappa shape index (κ2) is 3.75. The molecule has 0 aromatic rings. The highest BCUT2D eigenvalue weighted by Gasteiger charge is 2.31. The van der Waals surface area contributed by atoms with Crippen LogP contribution < -0.4 is 5.32 Å². The zero-order valence-electron chi connectivity index (χ0n) is 8.05. The van der Waals surface area contributed by atoms with Crippen LogP contribution in [0, 0.1) is 0 Å². The summed E-state index contributed by atoms with van der Waals surface area (Å²) in [7, 11) is 0. The van der Waals surface area contributed by atoms with Gasteiger partial charge in [-0.25, -0.2) is 0 Å². The number of rotatable bonds is 1. The van der Waals surface area contributed by atoms with E-state index < -0.39 is 0 Å². The van der Waals surface area contributed by atoms with Crippen LogP contribution in [0.4, 0.5) is 0 Å². The third-order valence-corrected chi connectivity index (χ3v) is 3.35. The van der Waals surface area contributed by atoms with Crippen LogP contribution in [-0.4, -0.2) is 36.6 Å². The minimum absolute atomic E-state index is 0.773. The van der Waals surface area contributed by atoms with Crippen molar-refractivity contribution in [3.8, 4) is 0 Å². The van der Waals surface area contributed by atoms with Gasteiger partial charge in [0.1, 0.15) is 0 Å². The molecule has 2 aliphatic rings. The third-order valence-electron chi connectivity index (χ3n) is 3.35. The molecular weight excluding hydrogens is 148 g/mol. The van der Waals surface area contributed by atoms with E-state index in [1.165, 1.54) is 45.3 Å². The van der Waals surface area contributed by atoms with Gasteiger partial charge in [-0.05, 0) is 45.3 Å². The van der Waals surface area contributed by atoms with E-state index in [-0.39, 0.29) is 0 Å². The minimum atomic E-state index is 0.773. The molecule has 0 aromatic carbocycles. The second-order valence-electron chi connectivity index (χ2n) is 4.07. The SMILES string of the molecule is CCC1NCCCN2CCCC12. The number of hydrogen-bond donors (Lipinski definition) is 1. The molecule has 2 fully saturated rings. The number of nitrogens with one attached hydrogen (secondary N) is 1. The Hall–Kier alpha value is -0.0800. The highest BCUT2D eigenvalue weighted by atomic mass is 15.2. The Morgan fingerprint density at radius 1 is 1.33 bits per heavy atom.